The first-order chi connectivity index (χ1) is 13.6. The normalized spacial score (nSPS) is 24.2. The maximum Gasteiger partial charge on any atom is 0.272 e. The van der Waals surface area contributed by atoms with Crippen molar-refractivity contribution in [3.05, 3.63) is 28.8 Å². The molecule has 2 aliphatic carbocycles. The Balaban J connectivity index is 1.21. The van der Waals surface area contributed by atoms with E-state index >= 15 is 0 Å². The highest BCUT2D eigenvalue weighted by molar-refractivity contribution is 5.92. The van der Waals surface area contributed by atoms with E-state index in [0.29, 0.717) is 24.7 Å². The van der Waals surface area contributed by atoms with Crippen molar-refractivity contribution in [3.63, 3.8) is 0 Å². The van der Waals surface area contributed by atoms with Crippen LogP contribution < -0.4 is 5.32 Å². The van der Waals surface area contributed by atoms with Gasteiger partial charge in [0, 0.05) is 37.8 Å². The van der Waals surface area contributed by atoms with Crippen LogP contribution in [-0.2, 0) is 18.3 Å². The molecule has 28 heavy (non-hydrogen) atoms. The lowest BCUT2D eigenvalue weighted by atomic mass is 9.89. The number of aryl methyl sites for hydroxylation is 2. The second kappa shape index (κ2) is 6.72. The van der Waals surface area contributed by atoms with E-state index in [4.69, 9.17) is 0 Å². The number of carbonyl (C=O) groups is 2. The van der Waals surface area contributed by atoms with E-state index in [0.717, 1.165) is 42.8 Å². The Morgan fingerprint density at radius 2 is 2.07 bits per heavy atom. The molecule has 9 heteroatoms. The quantitative estimate of drug-likeness (QED) is 0.814. The van der Waals surface area contributed by atoms with Gasteiger partial charge in [-0.1, -0.05) is 0 Å². The van der Waals surface area contributed by atoms with Crippen molar-refractivity contribution >= 4 is 11.8 Å². The smallest absolute Gasteiger partial charge is 0.272 e. The lowest BCUT2D eigenvalue weighted by Gasteiger charge is -2.25. The number of aromatic nitrogens is 5. The maximum absolute atomic E-state index is 13.0. The molecule has 9 nitrogen and oxygen atoms in total. The van der Waals surface area contributed by atoms with E-state index in [9.17, 15) is 9.59 Å². The number of aromatic amines is 1. The highest BCUT2D eigenvalue weighted by Gasteiger charge is 2.36. The summed E-state index contributed by atoms with van der Waals surface area (Å²) in [5.41, 5.74) is 3.31. The topological polar surface area (TPSA) is 109 Å². The molecule has 2 atom stereocenters. The fourth-order valence-corrected chi connectivity index (χ4v) is 4.49. The zero-order valence-electron chi connectivity index (χ0n) is 16.0. The van der Waals surface area contributed by atoms with Gasteiger partial charge in [0.15, 0.2) is 0 Å². The molecule has 2 N–H and O–H groups in total. The molecule has 0 bridgehead atoms. The van der Waals surface area contributed by atoms with Gasteiger partial charge in [-0.2, -0.15) is 20.5 Å². The van der Waals surface area contributed by atoms with Gasteiger partial charge in [0.1, 0.15) is 5.69 Å². The van der Waals surface area contributed by atoms with Gasteiger partial charge in [0.05, 0.1) is 17.3 Å². The molecule has 2 aromatic rings. The molecule has 5 rings (SSSR count). The summed E-state index contributed by atoms with van der Waals surface area (Å²) in [5, 5.41) is 18.4. The zero-order valence-corrected chi connectivity index (χ0v) is 16.0. The molecule has 0 spiro atoms. The fraction of sp³-hybridized carbons (Fsp3) is 0.632. The summed E-state index contributed by atoms with van der Waals surface area (Å²) in [5.74, 6) is 0.281. The Morgan fingerprint density at radius 3 is 2.89 bits per heavy atom. The molecule has 2 fully saturated rings. The minimum atomic E-state index is -0.214. The van der Waals surface area contributed by atoms with Crippen molar-refractivity contribution in [1.82, 2.24) is 35.4 Å². The van der Waals surface area contributed by atoms with Crippen LogP contribution in [0.25, 0.3) is 0 Å². The van der Waals surface area contributed by atoms with E-state index in [1.165, 1.54) is 12.8 Å². The second-order valence-electron chi connectivity index (χ2n) is 8.20. The van der Waals surface area contributed by atoms with Gasteiger partial charge in [0.25, 0.3) is 5.91 Å². The molecule has 0 aromatic carbocycles. The second-order valence-corrected chi connectivity index (χ2v) is 8.20. The van der Waals surface area contributed by atoms with Crippen LogP contribution >= 0.6 is 0 Å². The van der Waals surface area contributed by atoms with Crippen LogP contribution in [0.15, 0.2) is 6.07 Å². The van der Waals surface area contributed by atoms with Gasteiger partial charge in [-0.25, -0.2) is 0 Å². The largest absolute Gasteiger partial charge is 0.346 e. The van der Waals surface area contributed by atoms with Gasteiger partial charge in [0.2, 0.25) is 5.91 Å². The minimum absolute atomic E-state index is 0.0387. The lowest BCUT2D eigenvalue weighted by Crippen LogP contribution is -2.40. The summed E-state index contributed by atoms with van der Waals surface area (Å²) < 4.78 is 1.82. The molecular formula is C19H25N7O2. The summed E-state index contributed by atoms with van der Waals surface area (Å²) in [6.07, 6.45) is 5.75. The van der Waals surface area contributed by atoms with Crippen LogP contribution in [0.3, 0.4) is 0 Å². The SMILES string of the molecule is Cn1nc(C(=O)NC2CCN(C(=O)C3CCCc4n[nH]nc43)C2)cc1C1CC1. The number of hydrogen-bond acceptors (Lipinski definition) is 5. The van der Waals surface area contributed by atoms with Crippen molar-refractivity contribution in [2.75, 3.05) is 13.1 Å². The third-order valence-electron chi connectivity index (χ3n) is 6.17. The van der Waals surface area contributed by atoms with Gasteiger partial charge in [-0.05, 0) is 44.6 Å². The van der Waals surface area contributed by atoms with Gasteiger partial charge in [-0.3, -0.25) is 14.3 Å². The zero-order chi connectivity index (χ0) is 19.3. The first kappa shape index (κ1) is 17.4. The average molecular weight is 383 g/mol. The maximum atomic E-state index is 13.0. The third kappa shape index (κ3) is 3.08. The Kier molecular flexibility index (Phi) is 4.17. The Hall–Kier alpha value is -2.71. The fourth-order valence-electron chi connectivity index (χ4n) is 4.49. The standard InChI is InChI=1S/C19H25N7O2/c1-25-16(11-5-6-11)9-15(23-25)18(27)20-12-7-8-26(10-12)19(28)13-3-2-4-14-17(13)22-24-21-14/h9,11-13H,2-8,10H2,1H3,(H,20,27)(H,21,22,24). The number of fused-ring (bicyclic) bond motifs is 1. The summed E-state index contributed by atoms with van der Waals surface area (Å²) in [6.45, 7) is 1.19. The van der Waals surface area contributed by atoms with Crippen LogP contribution in [0.1, 0.15) is 71.5 Å². The van der Waals surface area contributed by atoms with Crippen LogP contribution in [0.4, 0.5) is 0 Å². The van der Waals surface area contributed by atoms with Gasteiger partial charge < -0.3 is 10.2 Å². The van der Waals surface area contributed by atoms with Gasteiger partial charge in [-0.15, -0.1) is 0 Å². The van der Waals surface area contributed by atoms with E-state index in [1.54, 1.807) is 0 Å². The van der Waals surface area contributed by atoms with Crippen molar-refractivity contribution in [2.45, 2.75) is 56.4 Å². The Bertz CT molecular complexity index is 913. The molecule has 0 radical (unpaired) electrons. The summed E-state index contributed by atoms with van der Waals surface area (Å²) >= 11 is 0. The number of hydrogen-bond donors (Lipinski definition) is 2. The van der Waals surface area contributed by atoms with Crippen LogP contribution in [-0.4, -0.2) is 61.0 Å². The minimum Gasteiger partial charge on any atom is -0.346 e. The summed E-state index contributed by atoms with van der Waals surface area (Å²) in [6, 6.07) is 1.86. The number of nitrogens with zero attached hydrogens (tertiary/aromatic N) is 5. The third-order valence-corrected chi connectivity index (χ3v) is 6.17. The molecule has 1 saturated carbocycles. The number of nitrogens with one attached hydrogen (secondary N) is 2. The predicted octanol–water partition coefficient (Wildman–Crippen LogP) is 0.866. The Labute approximate surface area is 162 Å². The molecule has 3 heterocycles. The Morgan fingerprint density at radius 1 is 1.21 bits per heavy atom. The van der Waals surface area contributed by atoms with Crippen LogP contribution in [0, 0.1) is 0 Å². The molecule has 2 unspecified atom stereocenters. The molecule has 3 aliphatic rings. The summed E-state index contributed by atoms with van der Waals surface area (Å²) in [7, 11) is 1.89. The first-order valence-corrected chi connectivity index (χ1v) is 10.1. The van der Waals surface area contributed by atoms with Gasteiger partial charge >= 0.3 is 0 Å². The van der Waals surface area contributed by atoms with E-state index in [2.05, 4.69) is 25.8 Å². The number of amides is 2. The van der Waals surface area contributed by atoms with E-state index in [1.807, 2.05) is 22.7 Å². The van der Waals surface area contributed by atoms with Crippen molar-refractivity contribution in [3.8, 4) is 0 Å². The number of rotatable bonds is 4. The number of likely N-dealkylation sites (tertiary alicyclic amines) is 1. The van der Waals surface area contributed by atoms with Crippen LogP contribution in [0.2, 0.25) is 0 Å². The van der Waals surface area contributed by atoms with Crippen molar-refractivity contribution in [1.29, 1.82) is 0 Å². The highest BCUT2D eigenvalue weighted by Crippen LogP contribution is 2.40. The van der Waals surface area contributed by atoms with E-state index in [-0.39, 0.29) is 23.8 Å². The average Bonchev–Trinajstić information content (AvgIpc) is 3.09. The summed E-state index contributed by atoms with van der Waals surface area (Å²) in [4.78, 5) is 27.5. The predicted molar refractivity (Wildman–Crippen MR) is 99.7 cm³/mol. The van der Waals surface area contributed by atoms with Crippen LogP contribution in [0.5, 0.6) is 0 Å². The first-order valence-electron chi connectivity index (χ1n) is 10.1. The van der Waals surface area contributed by atoms with E-state index < -0.39 is 0 Å². The molecule has 1 saturated heterocycles. The molecule has 148 valence electrons. The molecule has 2 amide bonds. The van der Waals surface area contributed by atoms with Crippen molar-refractivity contribution < 1.29 is 9.59 Å². The molecular weight excluding hydrogens is 358 g/mol. The number of carbonyl (C=O) groups excluding carboxylic acids is 2. The highest BCUT2D eigenvalue weighted by atomic mass is 16.2. The monoisotopic (exact) mass is 383 g/mol. The molecule has 1 aliphatic heterocycles. The lowest BCUT2D eigenvalue weighted by molar-refractivity contribution is -0.132. The van der Waals surface area contributed by atoms with Crippen molar-refractivity contribution in [2.24, 2.45) is 7.05 Å². The molecule has 2 aromatic heterocycles. The number of H-pyrrole nitrogens is 1.